The van der Waals surface area contributed by atoms with Crippen LogP contribution in [-0.2, 0) is 22.2 Å². The number of hydrogen-bond acceptors (Lipinski definition) is 12. The van der Waals surface area contributed by atoms with E-state index in [0.717, 1.165) is 95.9 Å². The number of hydrogen-bond donors (Lipinski definition) is 0. The zero-order valence-corrected chi connectivity index (χ0v) is 40.8. The average molecular weight is 1010 g/mol. The largest absolute Gasteiger partial charge is 0.768 e. The van der Waals surface area contributed by atoms with Crippen molar-refractivity contribution in [2.45, 2.75) is 9.79 Å². The molecule has 0 spiro atoms. The lowest BCUT2D eigenvalue weighted by Crippen LogP contribution is -1.88. The molecule has 2 unspecified atom stereocenters. The van der Waals surface area contributed by atoms with E-state index < -0.39 is 22.2 Å². The summed E-state index contributed by atoms with van der Waals surface area (Å²) in [4.78, 5) is 59.0. The fraction of sp³-hybridized carbons (Fsp3) is 0. The number of benzene rings is 8. The van der Waals surface area contributed by atoms with Gasteiger partial charge in [-0.05, 0) is 134 Å². The Kier molecular flexibility index (Phi) is 19.1. The van der Waals surface area contributed by atoms with Crippen molar-refractivity contribution in [1.82, 2.24) is 19.9 Å². The summed E-state index contributed by atoms with van der Waals surface area (Å²) in [6.45, 7) is 0. The quantitative estimate of drug-likeness (QED) is 0.113. The van der Waals surface area contributed by atoms with E-state index in [1.165, 1.54) is 5.39 Å². The van der Waals surface area contributed by atoms with Crippen molar-refractivity contribution in [3.8, 4) is 0 Å². The van der Waals surface area contributed by atoms with Gasteiger partial charge in [0.05, 0.1) is 16.6 Å². The van der Waals surface area contributed by atoms with Gasteiger partial charge in [0.2, 0.25) is 0 Å². The van der Waals surface area contributed by atoms with Crippen molar-refractivity contribution >= 4 is 112 Å². The van der Waals surface area contributed by atoms with Gasteiger partial charge in [-0.3, -0.25) is 47.5 Å². The fourth-order valence-electron chi connectivity index (χ4n) is 7.36. The second-order valence-electron chi connectivity index (χ2n) is 15.7. The molecule has 74 heavy (non-hydrogen) atoms. The summed E-state index contributed by atoms with van der Waals surface area (Å²) in [5, 5.41) is 9.00. The number of fused-ring (bicyclic) bond motifs is 6. The van der Waals surface area contributed by atoms with Gasteiger partial charge in [-0.25, -0.2) is 0 Å². The first-order valence-corrected chi connectivity index (χ1v) is 24.7. The minimum atomic E-state index is -2.16. The van der Waals surface area contributed by atoms with Crippen molar-refractivity contribution in [1.29, 1.82) is 0 Å². The van der Waals surface area contributed by atoms with Crippen LogP contribution in [0.1, 0.15) is 41.4 Å². The highest BCUT2D eigenvalue weighted by molar-refractivity contribution is 7.79. The van der Waals surface area contributed by atoms with E-state index in [0.29, 0.717) is 20.9 Å². The molecule has 0 aliphatic rings. The molecule has 0 saturated heterocycles. The molecule has 12 aromatic rings. The highest BCUT2D eigenvalue weighted by Gasteiger charge is 2.00. The van der Waals surface area contributed by atoms with Crippen molar-refractivity contribution in [3.05, 3.63) is 253 Å². The van der Waals surface area contributed by atoms with Crippen LogP contribution in [0.5, 0.6) is 0 Å². The van der Waals surface area contributed by atoms with Crippen molar-refractivity contribution in [3.63, 3.8) is 0 Å². The normalized spacial score (nSPS) is 11.1. The van der Waals surface area contributed by atoms with E-state index in [4.69, 9.17) is 0 Å². The average Bonchev–Trinajstić information content (AvgIpc) is 3.47. The Labute approximate surface area is 430 Å². The molecule has 14 heteroatoms. The Morgan fingerprint density at radius 3 is 1.39 bits per heavy atom. The van der Waals surface area contributed by atoms with E-state index in [9.17, 15) is 36.7 Å². The van der Waals surface area contributed by atoms with Gasteiger partial charge in [0, 0.05) is 84.6 Å². The molecule has 2 atom stereocenters. The third-order valence-corrected chi connectivity index (χ3v) is 12.3. The highest BCUT2D eigenvalue weighted by atomic mass is 32.2. The first-order chi connectivity index (χ1) is 36.2. The first kappa shape index (κ1) is 52.6. The molecule has 4 heterocycles. The maximum atomic E-state index is 10.6. The number of carbonyl (C=O) groups is 4. The lowest BCUT2D eigenvalue weighted by molar-refractivity contribution is 0.111. The van der Waals surface area contributed by atoms with Gasteiger partial charge in [0.25, 0.3) is 0 Å². The number of aldehydes is 4. The van der Waals surface area contributed by atoms with E-state index in [1.54, 1.807) is 91.6 Å². The Bertz CT molecular complexity index is 3670. The van der Waals surface area contributed by atoms with Gasteiger partial charge >= 0.3 is 0 Å². The molecule has 12 nitrogen and oxygen atoms in total. The number of pyridine rings is 4. The minimum absolute atomic E-state index is 0.292. The maximum Gasteiger partial charge on any atom is 0.150 e. The van der Waals surface area contributed by atoms with Crippen LogP contribution in [0.25, 0.3) is 65.0 Å². The Morgan fingerprint density at radius 1 is 0.338 bits per heavy atom. The van der Waals surface area contributed by atoms with Crippen LogP contribution in [0.4, 0.5) is 0 Å². The summed E-state index contributed by atoms with van der Waals surface area (Å²) in [6, 6.07) is 60.8. The van der Waals surface area contributed by atoms with Crippen LogP contribution in [-0.4, -0.2) is 62.6 Å². The summed E-state index contributed by atoms with van der Waals surface area (Å²) in [5.74, 6) is 0. The van der Waals surface area contributed by atoms with Crippen molar-refractivity contribution in [2.24, 2.45) is 0 Å². The van der Waals surface area contributed by atoms with Gasteiger partial charge in [0.15, 0.2) is 12.6 Å². The molecule has 8 aromatic carbocycles. The molecule has 4 aromatic heterocycles. The van der Waals surface area contributed by atoms with Crippen molar-refractivity contribution in [2.75, 3.05) is 0 Å². The topological polar surface area (TPSA) is 200 Å². The molecule has 0 amide bonds. The lowest BCUT2D eigenvalue weighted by atomic mass is 10.1. The molecule has 0 fully saturated rings. The predicted molar refractivity (Wildman–Crippen MR) is 291 cm³/mol. The van der Waals surface area contributed by atoms with E-state index in [-0.39, 0.29) is 0 Å². The smallest absolute Gasteiger partial charge is 0.150 e. The third kappa shape index (κ3) is 14.5. The third-order valence-electron chi connectivity index (χ3n) is 11.0. The Hall–Kier alpha value is -9.18. The lowest BCUT2D eigenvalue weighted by Gasteiger charge is -2.05. The molecule has 0 aliphatic carbocycles. The minimum Gasteiger partial charge on any atom is -0.768 e. The predicted octanol–water partition coefficient (Wildman–Crippen LogP) is 12.3. The van der Waals surface area contributed by atoms with Gasteiger partial charge in [-0.1, -0.05) is 115 Å². The first-order valence-electron chi connectivity index (χ1n) is 22.5. The summed E-state index contributed by atoms with van der Waals surface area (Å²) in [5.41, 5.74) is 5.42. The van der Waals surface area contributed by atoms with Crippen LogP contribution in [0.3, 0.4) is 0 Å². The van der Waals surface area contributed by atoms with Gasteiger partial charge in [-0.2, -0.15) is 0 Å². The van der Waals surface area contributed by atoms with Crippen LogP contribution in [0, 0.1) is 0 Å². The molecule has 0 N–H and O–H groups in total. The summed E-state index contributed by atoms with van der Waals surface area (Å²) in [7, 11) is 0. The van der Waals surface area contributed by atoms with Crippen LogP contribution in [0.2, 0.25) is 0 Å². The van der Waals surface area contributed by atoms with Crippen molar-refractivity contribution < 1.29 is 36.7 Å². The second kappa shape index (κ2) is 26.9. The zero-order chi connectivity index (χ0) is 52.1. The number of carbonyl (C=O) groups excluding carboxylic acids is 4. The molecule has 0 bridgehead atoms. The summed E-state index contributed by atoms with van der Waals surface area (Å²) in [6.07, 6.45) is 12.0. The van der Waals surface area contributed by atoms with Gasteiger partial charge in [-0.15, -0.1) is 0 Å². The molecule has 364 valence electrons. The van der Waals surface area contributed by atoms with Crippen LogP contribution >= 0.6 is 0 Å². The van der Waals surface area contributed by atoms with Gasteiger partial charge in [0.1, 0.15) is 12.6 Å². The highest BCUT2D eigenvalue weighted by Crippen LogP contribution is 2.19. The van der Waals surface area contributed by atoms with Crippen LogP contribution in [0.15, 0.2) is 241 Å². The van der Waals surface area contributed by atoms with Gasteiger partial charge < -0.3 is 9.11 Å². The Morgan fingerprint density at radius 2 is 0.784 bits per heavy atom. The molecular formula is C60H42N4O8S2-2. The molecule has 0 saturated carbocycles. The molecular weight excluding hydrogens is 969 g/mol. The summed E-state index contributed by atoms with van der Waals surface area (Å²) >= 11 is -4.30. The van der Waals surface area contributed by atoms with E-state index >= 15 is 0 Å². The molecule has 0 radical (unpaired) electrons. The standard InChI is InChI=1S/C11H8O.3C10H7NO.C10H8O2S.C9H7NO2S/c12-8-9-5-6-10-3-1-2-4-11(10)7-9;12-7-8-3-1-5-10-9(8)4-2-6-11-10;12-7-8-3-4-10-9(6-8)2-1-5-11-10;12-7-9-3-1-2-8-6-11-5-4-10(8)9;11-13(12)10-6-5-8-3-1-2-4-9(8)7-10;11-13(12)8-3-4-9-7(6-8)2-1-5-10-9/h1-8H;3*1-7H;1-7H,(H,11,12);1-6H,(H,11,12)/p-2. The number of aromatic nitrogens is 4. The second-order valence-corrected chi connectivity index (χ2v) is 17.6. The monoisotopic (exact) mass is 1010 g/mol. The van der Waals surface area contributed by atoms with E-state index in [1.807, 2.05) is 140 Å². The summed E-state index contributed by atoms with van der Waals surface area (Å²) < 4.78 is 42.5. The molecule has 12 rings (SSSR count). The zero-order valence-electron chi connectivity index (χ0n) is 39.1. The molecule has 0 aliphatic heterocycles. The SMILES string of the molecule is O=Cc1ccc2ccccc2c1.O=Cc1ccc2ncccc2c1.O=Cc1cccc2cnccc12.O=Cc1cccc2ncccc12.O=S([O-])c1ccc2ccccc2c1.O=S([O-])c1ccc2ncccc2c1. The number of rotatable bonds is 6. The van der Waals surface area contributed by atoms with E-state index in [2.05, 4.69) is 19.9 Å². The maximum absolute atomic E-state index is 10.6. The Balaban J connectivity index is 0.000000130. The number of nitrogens with zero attached hydrogens (tertiary/aromatic N) is 4. The van der Waals surface area contributed by atoms with Crippen LogP contribution < -0.4 is 0 Å². The fourth-order valence-corrected chi connectivity index (χ4v) is 8.16.